The molecule has 0 unspecified atom stereocenters. The number of aromatic amines is 1. The Balaban J connectivity index is 1.33. The number of hydrogen-bond donors (Lipinski definition) is 3. The summed E-state index contributed by atoms with van der Waals surface area (Å²) < 4.78 is 7.61. The fourth-order valence-electron chi connectivity index (χ4n) is 4.93. The smallest absolute Gasteiger partial charge is 0.263 e. The summed E-state index contributed by atoms with van der Waals surface area (Å²) in [5.74, 6) is 1.12. The number of H-pyrrole nitrogens is 1. The molecule has 0 aliphatic heterocycles. The van der Waals surface area contributed by atoms with Gasteiger partial charge >= 0.3 is 0 Å². The van der Waals surface area contributed by atoms with Crippen LogP contribution in [0.1, 0.15) is 28.9 Å². The third-order valence-electron chi connectivity index (χ3n) is 6.70. The highest BCUT2D eigenvalue weighted by molar-refractivity contribution is 7.21. The predicted octanol–water partition coefficient (Wildman–Crippen LogP) is 3.80. The van der Waals surface area contributed by atoms with Gasteiger partial charge in [-0.1, -0.05) is 31.4 Å². The minimum atomic E-state index is -0.244. The second-order valence-electron chi connectivity index (χ2n) is 9.19. The van der Waals surface area contributed by atoms with Crippen molar-refractivity contribution in [2.24, 2.45) is 0 Å². The Labute approximate surface area is 227 Å². The molecule has 0 spiro atoms. The van der Waals surface area contributed by atoms with E-state index < -0.39 is 0 Å². The molecule has 1 fully saturated rings. The van der Waals surface area contributed by atoms with Crippen LogP contribution in [-0.2, 0) is 4.79 Å². The molecular formula is C28H25N7O3S. The first kappa shape index (κ1) is 24.6. The largest absolute Gasteiger partial charge is 0.454 e. The second-order valence-corrected chi connectivity index (χ2v) is 10.2. The Bertz CT molecular complexity index is 1760. The second kappa shape index (κ2) is 10.2. The molecular weight excluding hydrogens is 514 g/mol. The lowest BCUT2D eigenvalue weighted by atomic mass is 10.1. The van der Waals surface area contributed by atoms with Crippen molar-refractivity contribution in [1.82, 2.24) is 35.1 Å². The molecule has 0 bridgehead atoms. The summed E-state index contributed by atoms with van der Waals surface area (Å²) in [6.45, 7) is 7.70. The summed E-state index contributed by atoms with van der Waals surface area (Å²) in [5.41, 5.74) is 1.91. The summed E-state index contributed by atoms with van der Waals surface area (Å²) in [4.78, 5) is 43.3. The van der Waals surface area contributed by atoms with Gasteiger partial charge in [0.15, 0.2) is 5.75 Å². The Morgan fingerprint density at radius 2 is 1.79 bits per heavy atom. The van der Waals surface area contributed by atoms with Gasteiger partial charge in [-0.15, -0.1) is 11.3 Å². The third-order valence-corrected chi connectivity index (χ3v) is 7.79. The number of hydrogen-bond acceptors (Lipinski definition) is 7. The number of carbonyl (C=O) groups is 2. The van der Waals surface area contributed by atoms with Crippen molar-refractivity contribution in [3.8, 4) is 17.4 Å². The van der Waals surface area contributed by atoms with Gasteiger partial charge in [-0.3, -0.25) is 14.2 Å². The highest BCUT2D eigenvalue weighted by Crippen LogP contribution is 2.34. The Hall–Kier alpha value is -4.77. The van der Waals surface area contributed by atoms with Gasteiger partial charge in [0, 0.05) is 18.3 Å². The number of pyridine rings is 1. The zero-order chi connectivity index (χ0) is 26.9. The van der Waals surface area contributed by atoms with Crippen LogP contribution >= 0.6 is 11.3 Å². The molecule has 2 atom stereocenters. The fraction of sp³-hybridized carbons (Fsp3) is 0.179. The van der Waals surface area contributed by atoms with Crippen molar-refractivity contribution < 1.29 is 14.3 Å². The fourth-order valence-corrected chi connectivity index (χ4v) is 5.95. The van der Waals surface area contributed by atoms with Crippen LogP contribution in [0.4, 0.5) is 0 Å². The average Bonchev–Trinajstić information content (AvgIpc) is 3.54. The Kier molecular flexibility index (Phi) is 6.41. The summed E-state index contributed by atoms with van der Waals surface area (Å²) in [7, 11) is 0. The summed E-state index contributed by atoms with van der Waals surface area (Å²) in [5, 5.41) is 6.82. The van der Waals surface area contributed by atoms with Gasteiger partial charge in [-0.25, -0.2) is 15.0 Å². The molecule has 1 aliphatic carbocycles. The van der Waals surface area contributed by atoms with E-state index >= 15 is 0 Å². The van der Waals surface area contributed by atoms with E-state index in [9.17, 15) is 9.59 Å². The van der Waals surface area contributed by atoms with Crippen LogP contribution < -0.4 is 20.9 Å². The van der Waals surface area contributed by atoms with E-state index in [0.717, 1.165) is 30.2 Å². The van der Waals surface area contributed by atoms with Crippen molar-refractivity contribution >= 4 is 51.0 Å². The first-order chi connectivity index (χ1) is 19.0. The number of rotatable bonds is 7. The van der Waals surface area contributed by atoms with Crippen molar-refractivity contribution in [2.75, 3.05) is 0 Å². The molecule has 3 N–H and O–H groups in total. The molecule has 196 valence electrons. The monoisotopic (exact) mass is 539 g/mol. The maximum absolute atomic E-state index is 13.4. The van der Waals surface area contributed by atoms with Crippen LogP contribution in [0, 0.1) is 0 Å². The van der Waals surface area contributed by atoms with Crippen LogP contribution in [0.3, 0.4) is 0 Å². The number of amides is 2. The minimum absolute atomic E-state index is 0.136. The zero-order valence-corrected chi connectivity index (χ0v) is 21.7. The minimum Gasteiger partial charge on any atom is -0.454 e. The molecule has 1 saturated carbocycles. The van der Waals surface area contributed by atoms with Gasteiger partial charge in [0.05, 0.1) is 28.8 Å². The highest BCUT2D eigenvalue weighted by Gasteiger charge is 2.31. The summed E-state index contributed by atoms with van der Waals surface area (Å²) in [6.07, 6.45) is 8.64. The van der Waals surface area contributed by atoms with Crippen LogP contribution in [0.15, 0.2) is 67.6 Å². The molecule has 1 aromatic carbocycles. The molecule has 6 rings (SSSR count). The highest BCUT2D eigenvalue weighted by atomic mass is 32.1. The number of thiophene rings is 1. The van der Waals surface area contributed by atoms with Gasteiger partial charge < -0.3 is 20.4 Å². The number of aromatic nitrogens is 5. The predicted molar refractivity (Wildman–Crippen MR) is 150 cm³/mol. The van der Waals surface area contributed by atoms with Gasteiger partial charge in [0.25, 0.3) is 5.91 Å². The lowest BCUT2D eigenvalue weighted by Gasteiger charge is -2.21. The Morgan fingerprint density at radius 1 is 1.05 bits per heavy atom. The number of nitrogens with one attached hydrogen (secondary N) is 3. The maximum atomic E-state index is 13.4. The quantitative estimate of drug-likeness (QED) is 0.270. The van der Waals surface area contributed by atoms with Gasteiger partial charge in [-0.05, 0) is 43.5 Å². The number of benzene rings is 1. The van der Waals surface area contributed by atoms with Crippen molar-refractivity contribution in [1.29, 1.82) is 0 Å². The van der Waals surface area contributed by atoms with Crippen molar-refractivity contribution in [3.63, 3.8) is 0 Å². The molecule has 11 heteroatoms. The van der Waals surface area contributed by atoms with Crippen LogP contribution in [0.25, 0.3) is 33.8 Å². The van der Waals surface area contributed by atoms with E-state index in [2.05, 4.69) is 43.7 Å². The third kappa shape index (κ3) is 4.68. The molecule has 4 heterocycles. The zero-order valence-electron chi connectivity index (χ0n) is 20.9. The van der Waals surface area contributed by atoms with Crippen molar-refractivity contribution in [3.05, 3.63) is 78.0 Å². The van der Waals surface area contributed by atoms with E-state index in [-0.39, 0.29) is 23.9 Å². The lowest BCUT2D eigenvalue weighted by Crippen LogP contribution is -2.48. The first-order valence-corrected chi connectivity index (χ1v) is 13.3. The molecule has 2 amide bonds. The Morgan fingerprint density at radius 3 is 2.54 bits per heavy atom. The van der Waals surface area contributed by atoms with E-state index in [1.54, 1.807) is 23.2 Å². The van der Waals surface area contributed by atoms with Gasteiger partial charge in [-0.2, -0.15) is 0 Å². The van der Waals surface area contributed by atoms with E-state index in [1.165, 1.54) is 17.4 Å². The van der Waals surface area contributed by atoms with Crippen molar-refractivity contribution in [2.45, 2.75) is 31.3 Å². The van der Waals surface area contributed by atoms with Gasteiger partial charge in [0.1, 0.15) is 20.9 Å². The maximum Gasteiger partial charge on any atom is 0.263 e. The number of carbonyl (C=O) groups excluding carboxylic acids is 2. The first-order valence-electron chi connectivity index (χ1n) is 12.5. The van der Waals surface area contributed by atoms with E-state index in [1.807, 2.05) is 36.4 Å². The molecule has 0 radical (unpaired) electrons. The number of para-hydroxylation sites is 1. The SMILES string of the molecule is C=CC(=O)N[C@H]1CCC[C@H]1NC(=O)c1sc2nccc3c2c1[nH]c(=C)n3-c1ncc(Oc2ccccc2)cn1. The number of ether oxygens (including phenoxy) is 1. The molecule has 39 heavy (non-hydrogen) atoms. The van der Waals surface area contributed by atoms with Gasteiger partial charge in [0.2, 0.25) is 11.9 Å². The van der Waals surface area contributed by atoms with E-state index in [4.69, 9.17) is 4.74 Å². The average molecular weight is 540 g/mol. The van der Waals surface area contributed by atoms with E-state index in [0.29, 0.717) is 38.2 Å². The molecule has 10 nitrogen and oxygen atoms in total. The summed E-state index contributed by atoms with van der Waals surface area (Å²) >= 11 is 1.30. The lowest BCUT2D eigenvalue weighted by molar-refractivity contribution is -0.117. The van der Waals surface area contributed by atoms with Crippen LogP contribution in [-0.4, -0.2) is 48.4 Å². The molecule has 1 aliphatic rings. The molecule has 5 aromatic rings. The standard InChI is InChI=1S/C28H25N7O3S/c1-3-22(36)33-19-10-7-11-20(19)34-26(37)25-24-23-21(12-13-29-27(23)39-25)35(16(2)32-24)28-30-14-18(15-31-28)38-17-8-5-4-6-9-17/h3-6,8-9,12-15,19-20,32H,1-2,7,10-11H2,(H,33,36)(H,34,37)/t19-,20+/m0/s1. The summed E-state index contributed by atoms with van der Waals surface area (Å²) in [6, 6.07) is 11.0. The topological polar surface area (TPSA) is 127 Å². The normalized spacial score (nSPS) is 16.8. The molecule has 4 aromatic heterocycles. The van der Waals surface area contributed by atoms with Crippen LogP contribution in [0.5, 0.6) is 11.5 Å². The van der Waals surface area contributed by atoms with Crippen LogP contribution in [0.2, 0.25) is 0 Å². The number of nitrogens with zero attached hydrogens (tertiary/aromatic N) is 4. The molecule has 0 saturated heterocycles.